The second-order valence-electron chi connectivity index (χ2n) is 7.53. The van der Waals surface area contributed by atoms with Crippen molar-refractivity contribution in [3.8, 4) is 0 Å². The minimum absolute atomic E-state index is 0.0856. The summed E-state index contributed by atoms with van der Waals surface area (Å²) < 4.78 is 39.4. The Kier molecular flexibility index (Phi) is 6.83. The van der Waals surface area contributed by atoms with Crippen LogP contribution in [0, 0.1) is 11.7 Å². The van der Waals surface area contributed by atoms with Crippen LogP contribution in [-0.2, 0) is 21.2 Å². The standard InChI is InChI=1S/C19H28FN3O3S/c20-17-3-1-2-16(12-17)13-19(24)21-14-15-6-9-23(10-7-15)11-8-22-27(25,26)18-4-5-18/h1-3,12,15,18,22H,4-11,13-14H2,(H,21,24). The van der Waals surface area contributed by atoms with E-state index in [9.17, 15) is 17.6 Å². The highest BCUT2D eigenvalue weighted by Gasteiger charge is 2.35. The molecule has 1 heterocycles. The van der Waals surface area contributed by atoms with E-state index in [1.165, 1.54) is 12.1 Å². The Hall–Kier alpha value is -1.51. The van der Waals surface area contributed by atoms with Gasteiger partial charge in [0.25, 0.3) is 0 Å². The van der Waals surface area contributed by atoms with Crippen LogP contribution in [0.5, 0.6) is 0 Å². The van der Waals surface area contributed by atoms with Gasteiger partial charge in [-0.25, -0.2) is 17.5 Å². The first-order chi connectivity index (χ1) is 12.9. The molecule has 0 aromatic heterocycles. The molecule has 0 unspecified atom stereocenters. The minimum Gasteiger partial charge on any atom is -0.356 e. The number of hydrogen-bond donors (Lipinski definition) is 2. The fraction of sp³-hybridized carbons (Fsp3) is 0.632. The second-order valence-corrected chi connectivity index (χ2v) is 9.58. The number of benzene rings is 1. The zero-order chi connectivity index (χ0) is 19.3. The van der Waals surface area contributed by atoms with E-state index in [0.717, 1.165) is 45.3 Å². The SMILES string of the molecule is O=C(Cc1cccc(F)c1)NCC1CCN(CCNS(=O)(=O)C2CC2)CC1. The van der Waals surface area contributed by atoms with Gasteiger partial charge in [-0.05, 0) is 62.4 Å². The summed E-state index contributed by atoms with van der Waals surface area (Å²) >= 11 is 0. The van der Waals surface area contributed by atoms with Crippen LogP contribution in [0.1, 0.15) is 31.2 Å². The van der Waals surface area contributed by atoms with Crippen LogP contribution in [0.2, 0.25) is 0 Å². The van der Waals surface area contributed by atoms with Crippen molar-refractivity contribution < 1.29 is 17.6 Å². The highest BCUT2D eigenvalue weighted by molar-refractivity contribution is 7.90. The summed E-state index contributed by atoms with van der Waals surface area (Å²) in [5.74, 6) is 0.0190. The van der Waals surface area contributed by atoms with Gasteiger partial charge in [-0.15, -0.1) is 0 Å². The first kappa shape index (κ1) is 20.2. The average Bonchev–Trinajstić information content (AvgIpc) is 3.47. The lowest BCUT2D eigenvalue weighted by Crippen LogP contribution is -2.42. The number of likely N-dealkylation sites (tertiary alicyclic amines) is 1. The number of rotatable bonds is 9. The van der Waals surface area contributed by atoms with Gasteiger partial charge in [0.15, 0.2) is 0 Å². The van der Waals surface area contributed by atoms with E-state index in [2.05, 4.69) is 14.9 Å². The summed E-state index contributed by atoms with van der Waals surface area (Å²) in [6.45, 7) is 3.65. The monoisotopic (exact) mass is 397 g/mol. The molecule has 2 fully saturated rings. The van der Waals surface area contributed by atoms with Gasteiger partial charge in [0, 0.05) is 19.6 Å². The maximum atomic E-state index is 13.2. The highest BCUT2D eigenvalue weighted by atomic mass is 32.2. The van der Waals surface area contributed by atoms with Crippen molar-refractivity contribution in [3.05, 3.63) is 35.6 Å². The van der Waals surface area contributed by atoms with Gasteiger partial charge in [-0.2, -0.15) is 0 Å². The molecule has 1 aromatic rings. The van der Waals surface area contributed by atoms with Crippen LogP contribution in [0.4, 0.5) is 4.39 Å². The first-order valence-corrected chi connectivity index (χ1v) is 11.2. The molecule has 0 radical (unpaired) electrons. The van der Waals surface area contributed by atoms with E-state index >= 15 is 0 Å². The molecule has 6 nitrogen and oxygen atoms in total. The van der Waals surface area contributed by atoms with Crippen LogP contribution in [-0.4, -0.2) is 57.2 Å². The largest absolute Gasteiger partial charge is 0.356 e. The number of halogens is 1. The van der Waals surface area contributed by atoms with E-state index in [1.807, 2.05) is 0 Å². The number of carbonyl (C=O) groups excluding carboxylic acids is 1. The highest BCUT2D eigenvalue weighted by Crippen LogP contribution is 2.27. The molecule has 0 bridgehead atoms. The summed E-state index contributed by atoms with van der Waals surface area (Å²) in [7, 11) is -3.09. The molecule has 1 aliphatic heterocycles. The van der Waals surface area contributed by atoms with Crippen LogP contribution >= 0.6 is 0 Å². The average molecular weight is 398 g/mol. The summed E-state index contributed by atoms with van der Waals surface area (Å²) in [4.78, 5) is 14.3. The Morgan fingerprint density at radius 2 is 1.93 bits per heavy atom. The molecule has 150 valence electrons. The summed E-state index contributed by atoms with van der Waals surface area (Å²) in [6, 6.07) is 6.11. The number of amides is 1. The fourth-order valence-corrected chi connectivity index (χ4v) is 4.78. The smallest absolute Gasteiger partial charge is 0.224 e. The molecule has 0 spiro atoms. The molecular formula is C19H28FN3O3S. The number of carbonyl (C=O) groups is 1. The van der Waals surface area contributed by atoms with Crippen LogP contribution in [0.3, 0.4) is 0 Å². The van der Waals surface area contributed by atoms with E-state index in [4.69, 9.17) is 0 Å². The number of hydrogen-bond acceptors (Lipinski definition) is 4. The number of sulfonamides is 1. The van der Waals surface area contributed by atoms with Gasteiger partial charge in [-0.1, -0.05) is 12.1 Å². The molecular weight excluding hydrogens is 369 g/mol. The van der Waals surface area contributed by atoms with Gasteiger partial charge in [0.1, 0.15) is 5.82 Å². The van der Waals surface area contributed by atoms with Crippen molar-refractivity contribution in [1.82, 2.24) is 14.9 Å². The van der Waals surface area contributed by atoms with E-state index in [1.54, 1.807) is 12.1 Å². The summed E-state index contributed by atoms with van der Waals surface area (Å²) in [5, 5.41) is 2.78. The predicted octanol–water partition coefficient (Wildman–Crippen LogP) is 1.28. The number of nitrogens with zero attached hydrogens (tertiary/aromatic N) is 1. The third-order valence-corrected chi connectivity index (χ3v) is 7.20. The number of nitrogens with one attached hydrogen (secondary N) is 2. The molecule has 1 aromatic carbocycles. The van der Waals surface area contributed by atoms with Crippen molar-refractivity contribution in [3.63, 3.8) is 0 Å². The molecule has 0 atom stereocenters. The van der Waals surface area contributed by atoms with E-state index < -0.39 is 10.0 Å². The molecule has 1 aliphatic carbocycles. The van der Waals surface area contributed by atoms with Gasteiger partial charge >= 0.3 is 0 Å². The van der Waals surface area contributed by atoms with Gasteiger partial charge in [0.05, 0.1) is 11.7 Å². The molecule has 2 N–H and O–H groups in total. The second kappa shape index (κ2) is 9.12. The molecule has 1 saturated heterocycles. The summed E-state index contributed by atoms with van der Waals surface area (Å²) in [5.41, 5.74) is 0.677. The Morgan fingerprint density at radius 3 is 2.59 bits per heavy atom. The predicted molar refractivity (Wildman–Crippen MR) is 102 cm³/mol. The lowest BCUT2D eigenvalue weighted by molar-refractivity contribution is -0.120. The molecule has 1 amide bonds. The van der Waals surface area contributed by atoms with Gasteiger partial charge in [-0.3, -0.25) is 4.79 Å². The number of piperidine rings is 1. The summed E-state index contributed by atoms with van der Waals surface area (Å²) in [6.07, 6.45) is 3.72. The topological polar surface area (TPSA) is 78.5 Å². The quantitative estimate of drug-likeness (QED) is 0.658. The van der Waals surface area contributed by atoms with Crippen molar-refractivity contribution in [2.24, 2.45) is 5.92 Å². The van der Waals surface area contributed by atoms with Crippen molar-refractivity contribution in [2.45, 2.75) is 37.4 Å². The Labute approximate surface area is 160 Å². The minimum atomic E-state index is -3.09. The molecule has 1 saturated carbocycles. The Bertz CT molecular complexity index is 744. The fourth-order valence-electron chi connectivity index (χ4n) is 3.41. The van der Waals surface area contributed by atoms with Gasteiger partial charge < -0.3 is 10.2 Å². The normalized spacial score (nSPS) is 19.1. The lowest BCUT2D eigenvalue weighted by Gasteiger charge is -2.32. The maximum Gasteiger partial charge on any atom is 0.224 e. The third kappa shape index (κ3) is 6.55. The molecule has 2 aliphatic rings. The molecule has 27 heavy (non-hydrogen) atoms. The van der Waals surface area contributed by atoms with E-state index in [0.29, 0.717) is 24.6 Å². The van der Waals surface area contributed by atoms with Crippen LogP contribution in [0.15, 0.2) is 24.3 Å². The first-order valence-electron chi connectivity index (χ1n) is 9.64. The Morgan fingerprint density at radius 1 is 1.19 bits per heavy atom. The van der Waals surface area contributed by atoms with Crippen LogP contribution in [0.25, 0.3) is 0 Å². The van der Waals surface area contributed by atoms with Crippen LogP contribution < -0.4 is 10.0 Å². The van der Waals surface area contributed by atoms with E-state index in [-0.39, 0.29) is 23.4 Å². The maximum absolute atomic E-state index is 13.2. The van der Waals surface area contributed by atoms with Gasteiger partial charge in [0.2, 0.25) is 15.9 Å². The molecule has 3 rings (SSSR count). The zero-order valence-corrected chi connectivity index (χ0v) is 16.3. The third-order valence-electron chi connectivity index (χ3n) is 5.24. The molecule has 8 heteroatoms. The van der Waals surface area contributed by atoms with Crippen molar-refractivity contribution >= 4 is 15.9 Å². The van der Waals surface area contributed by atoms with Crippen molar-refractivity contribution in [2.75, 3.05) is 32.7 Å². The van der Waals surface area contributed by atoms with Crippen molar-refractivity contribution in [1.29, 1.82) is 0 Å². The lowest BCUT2D eigenvalue weighted by atomic mass is 9.96. The Balaban J connectivity index is 1.29. The zero-order valence-electron chi connectivity index (χ0n) is 15.5.